The van der Waals surface area contributed by atoms with Crippen LogP contribution in [0.2, 0.25) is 0 Å². The molecule has 0 aliphatic heterocycles. The molecule has 54 valence electrons. The Morgan fingerprint density at radius 3 is 2.00 bits per heavy atom. The van der Waals surface area contributed by atoms with E-state index >= 15 is 0 Å². The molecule has 0 aromatic rings. The molecule has 0 saturated heterocycles. The lowest BCUT2D eigenvalue weighted by Gasteiger charge is -2.17. The highest BCUT2D eigenvalue weighted by Crippen LogP contribution is 2.16. The highest BCUT2D eigenvalue weighted by atomic mass is 16.3. The van der Waals surface area contributed by atoms with Crippen molar-refractivity contribution < 1.29 is 5.11 Å². The van der Waals surface area contributed by atoms with Gasteiger partial charge in [0.15, 0.2) is 0 Å². The fourth-order valence-corrected chi connectivity index (χ4v) is 0.936. The van der Waals surface area contributed by atoms with Gasteiger partial charge in [-0.2, -0.15) is 0 Å². The summed E-state index contributed by atoms with van der Waals surface area (Å²) in [4.78, 5) is 0. The van der Waals surface area contributed by atoms with Crippen molar-refractivity contribution in [2.45, 2.75) is 20.8 Å². The van der Waals surface area contributed by atoms with Gasteiger partial charge < -0.3 is 5.11 Å². The third-order valence-electron chi connectivity index (χ3n) is 1.63. The van der Waals surface area contributed by atoms with Gasteiger partial charge in [-0.3, -0.25) is 0 Å². The standard InChI is InChI=1S/C8H16O/c1-6(2)8(5-9)7(3)4/h7-9H,1,5H2,2-4H3/t8-/m0/s1. The van der Waals surface area contributed by atoms with Gasteiger partial charge in [0, 0.05) is 12.5 Å². The smallest absolute Gasteiger partial charge is 0.0498 e. The van der Waals surface area contributed by atoms with Crippen LogP contribution < -0.4 is 0 Å². The van der Waals surface area contributed by atoms with E-state index < -0.39 is 0 Å². The molecule has 0 amide bonds. The van der Waals surface area contributed by atoms with Crippen molar-refractivity contribution in [3.8, 4) is 0 Å². The molecule has 1 nitrogen and oxygen atoms in total. The fraction of sp³-hybridized carbons (Fsp3) is 0.750. The summed E-state index contributed by atoms with van der Waals surface area (Å²) >= 11 is 0. The van der Waals surface area contributed by atoms with E-state index in [1.165, 1.54) is 0 Å². The molecule has 0 aromatic heterocycles. The maximum Gasteiger partial charge on any atom is 0.0498 e. The highest BCUT2D eigenvalue weighted by molar-refractivity contribution is 4.96. The predicted molar refractivity (Wildman–Crippen MR) is 40.2 cm³/mol. The molecule has 0 aliphatic rings. The second kappa shape index (κ2) is 3.67. The molecule has 0 bridgehead atoms. The van der Waals surface area contributed by atoms with Crippen LogP contribution in [0.25, 0.3) is 0 Å². The Balaban J connectivity index is 3.83. The number of rotatable bonds is 3. The van der Waals surface area contributed by atoms with Crippen LogP contribution in [0.4, 0.5) is 0 Å². The summed E-state index contributed by atoms with van der Waals surface area (Å²) < 4.78 is 0. The van der Waals surface area contributed by atoms with Gasteiger partial charge in [-0.15, -0.1) is 0 Å². The van der Waals surface area contributed by atoms with Crippen LogP contribution in [-0.2, 0) is 0 Å². The van der Waals surface area contributed by atoms with Crippen molar-refractivity contribution >= 4 is 0 Å². The molecule has 1 atom stereocenters. The first-order valence-corrected chi connectivity index (χ1v) is 3.35. The molecule has 0 rings (SSSR count). The number of aliphatic hydroxyl groups is 1. The molecule has 1 heteroatoms. The Bertz CT molecular complexity index is 94.7. The average Bonchev–Trinajstić information content (AvgIpc) is 1.64. The van der Waals surface area contributed by atoms with Crippen LogP contribution >= 0.6 is 0 Å². The third-order valence-corrected chi connectivity index (χ3v) is 1.63. The van der Waals surface area contributed by atoms with Crippen molar-refractivity contribution in [2.75, 3.05) is 6.61 Å². The summed E-state index contributed by atoms with van der Waals surface area (Å²) in [5, 5.41) is 8.81. The van der Waals surface area contributed by atoms with Crippen LogP contribution in [0, 0.1) is 11.8 Å². The minimum absolute atomic E-state index is 0.229. The van der Waals surface area contributed by atoms with E-state index in [-0.39, 0.29) is 12.5 Å². The van der Waals surface area contributed by atoms with Crippen LogP contribution in [0.1, 0.15) is 20.8 Å². The second-order valence-electron chi connectivity index (χ2n) is 2.88. The van der Waals surface area contributed by atoms with Gasteiger partial charge in [-0.05, 0) is 12.8 Å². The lowest BCUT2D eigenvalue weighted by Crippen LogP contribution is -2.13. The summed E-state index contributed by atoms with van der Waals surface area (Å²) in [6.07, 6.45) is 0. The maximum absolute atomic E-state index is 8.81. The minimum Gasteiger partial charge on any atom is -0.396 e. The van der Waals surface area contributed by atoms with Gasteiger partial charge in [0.25, 0.3) is 0 Å². The molecule has 9 heavy (non-hydrogen) atoms. The van der Waals surface area contributed by atoms with Crippen LogP contribution in [0.3, 0.4) is 0 Å². The number of aliphatic hydroxyl groups excluding tert-OH is 1. The quantitative estimate of drug-likeness (QED) is 0.575. The minimum atomic E-state index is 0.229. The highest BCUT2D eigenvalue weighted by Gasteiger charge is 2.11. The molecule has 0 aliphatic carbocycles. The monoisotopic (exact) mass is 128 g/mol. The zero-order valence-corrected chi connectivity index (χ0v) is 6.52. The summed E-state index contributed by atoms with van der Waals surface area (Å²) in [5.41, 5.74) is 1.08. The Labute approximate surface area is 57.4 Å². The average molecular weight is 128 g/mol. The first-order valence-electron chi connectivity index (χ1n) is 3.35. The lowest BCUT2D eigenvalue weighted by molar-refractivity contribution is 0.214. The van der Waals surface area contributed by atoms with Crippen molar-refractivity contribution in [1.82, 2.24) is 0 Å². The molecule has 0 unspecified atom stereocenters. The molecular formula is C8H16O. The fourth-order valence-electron chi connectivity index (χ4n) is 0.936. The Kier molecular flexibility index (Phi) is 3.55. The summed E-state index contributed by atoms with van der Waals surface area (Å²) in [6, 6.07) is 0. The van der Waals surface area contributed by atoms with E-state index in [2.05, 4.69) is 20.4 Å². The molecule has 0 aromatic carbocycles. The Morgan fingerprint density at radius 1 is 1.56 bits per heavy atom. The van der Waals surface area contributed by atoms with Crippen LogP contribution in [0.15, 0.2) is 12.2 Å². The van der Waals surface area contributed by atoms with Gasteiger partial charge in [0.05, 0.1) is 0 Å². The third kappa shape index (κ3) is 2.66. The van der Waals surface area contributed by atoms with Crippen molar-refractivity contribution in [2.24, 2.45) is 11.8 Å². The van der Waals surface area contributed by atoms with Gasteiger partial charge >= 0.3 is 0 Å². The Morgan fingerprint density at radius 2 is 2.00 bits per heavy atom. The van der Waals surface area contributed by atoms with Crippen molar-refractivity contribution in [3.63, 3.8) is 0 Å². The second-order valence-corrected chi connectivity index (χ2v) is 2.88. The van der Waals surface area contributed by atoms with Gasteiger partial charge in [0.1, 0.15) is 0 Å². The van der Waals surface area contributed by atoms with E-state index in [0.29, 0.717) is 5.92 Å². The summed E-state index contributed by atoms with van der Waals surface area (Å²) in [5.74, 6) is 0.789. The van der Waals surface area contributed by atoms with Crippen LogP contribution in [-0.4, -0.2) is 11.7 Å². The molecule has 0 saturated carbocycles. The van der Waals surface area contributed by atoms with E-state index in [9.17, 15) is 0 Å². The van der Waals surface area contributed by atoms with Gasteiger partial charge in [-0.1, -0.05) is 26.0 Å². The predicted octanol–water partition coefficient (Wildman–Crippen LogP) is 1.83. The number of hydrogen-bond donors (Lipinski definition) is 1. The maximum atomic E-state index is 8.81. The Hall–Kier alpha value is -0.300. The van der Waals surface area contributed by atoms with Crippen molar-refractivity contribution in [1.29, 1.82) is 0 Å². The zero-order valence-electron chi connectivity index (χ0n) is 6.52. The normalized spacial score (nSPS) is 13.9. The SMILES string of the molecule is C=C(C)[C@H](CO)C(C)C. The lowest BCUT2D eigenvalue weighted by atomic mass is 9.91. The molecule has 1 N–H and O–H groups in total. The van der Waals surface area contributed by atoms with Gasteiger partial charge in [-0.25, -0.2) is 0 Å². The molecule has 0 radical (unpaired) electrons. The molecular weight excluding hydrogens is 112 g/mol. The largest absolute Gasteiger partial charge is 0.396 e. The zero-order chi connectivity index (χ0) is 7.44. The van der Waals surface area contributed by atoms with Crippen molar-refractivity contribution in [3.05, 3.63) is 12.2 Å². The summed E-state index contributed by atoms with van der Waals surface area (Å²) in [6.45, 7) is 10.2. The van der Waals surface area contributed by atoms with Crippen LogP contribution in [0.5, 0.6) is 0 Å². The number of hydrogen-bond acceptors (Lipinski definition) is 1. The van der Waals surface area contributed by atoms with E-state index in [0.717, 1.165) is 5.57 Å². The van der Waals surface area contributed by atoms with Gasteiger partial charge in [0.2, 0.25) is 0 Å². The first kappa shape index (κ1) is 8.70. The first-order chi connectivity index (χ1) is 4.09. The van der Waals surface area contributed by atoms with E-state index in [4.69, 9.17) is 5.11 Å². The molecule has 0 heterocycles. The molecule has 0 fully saturated rings. The van der Waals surface area contributed by atoms with E-state index in [1.807, 2.05) is 6.92 Å². The van der Waals surface area contributed by atoms with E-state index in [1.54, 1.807) is 0 Å². The summed E-state index contributed by atoms with van der Waals surface area (Å²) in [7, 11) is 0. The molecule has 0 spiro atoms. The topological polar surface area (TPSA) is 20.2 Å².